The van der Waals surface area contributed by atoms with E-state index < -0.39 is 30.5 Å². The summed E-state index contributed by atoms with van der Waals surface area (Å²) in [6, 6.07) is 24.0. The molecule has 294 valence electrons. The van der Waals surface area contributed by atoms with Gasteiger partial charge in [-0.3, -0.25) is 9.59 Å². The molecule has 3 atom stereocenters. The van der Waals surface area contributed by atoms with Crippen molar-refractivity contribution in [3.8, 4) is 0 Å². The number of nitrogens with one attached hydrogen (secondary N) is 2. The molecule has 3 heterocycles. The van der Waals surface area contributed by atoms with E-state index in [4.69, 9.17) is 30.4 Å². The lowest BCUT2D eigenvalue weighted by molar-refractivity contribution is -0.178. The molecule has 55 heavy (non-hydrogen) atoms. The third kappa shape index (κ3) is 11.0. The normalized spacial score (nSPS) is 20.7. The molecule has 6 N–H and O–H groups in total. The highest BCUT2D eigenvalue weighted by Gasteiger charge is 2.40. The third-order valence-corrected chi connectivity index (χ3v) is 10.4. The molecule has 3 aromatic carbocycles. The minimum Gasteiger partial charge on any atom is -0.447 e. The van der Waals surface area contributed by atoms with Gasteiger partial charge < -0.3 is 50.8 Å². The number of carbonyl (C=O) groups is 4. The van der Waals surface area contributed by atoms with Crippen molar-refractivity contribution in [2.75, 3.05) is 39.4 Å². The number of hydrogen-bond donors (Lipinski definition) is 4. The number of hydrogen-bond acceptors (Lipinski definition) is 10. The van der Waals surface area contributed by atoms with Crippen LogP contribution in [0.15, 0.2) is 78.9 Å². The van der Waals surface area contributed by atoms with Gasteiger partial charge in [0.05, 0.1) is 13.2 Å². The van der Waals surface area contributed by atoms with Crippen LogP contribution in [0.4, 0.5) is 9.59 Å². The summed E-state index contributed by atoms with van der Waals surface area (Å²) in [4.78, 5) is 55.6. The van der Waals surface area contributed by atoms with Gasteiger partial charge in [0.1, 0.15) is 24.9 Å². The molecule has 3 aliphatic rings. The maximum atomic E-state index is 13.5. The molecule has 3 fully saturated rings. The molecular weight excluding hydrogens is 704 g/mol. The van der Waals surface area contributed by atoms with E-state index in [-0.39, 0.29) is 37.1 Å². The number of ether oxygens (including phenoxy) is 4. The Balaban J connectivity index is 0.992. The first-order chi connectivity index (χ1) is 26.8. The lowest BCUT2D eigenvalue weighted by Gasteiger charge is -2.39. The minimum absolute atomic E-state index is 0.0743. The Kier molecular flexibility index (Phi) is 14.1. The summed E-state index contributed by atoms with van der Waals surface area (Å²) in [6.07, 6.45) is -0.163. The smallest absolute Gasteiger partial charge is 0.410 e. The molecule has 4 amide bonds. The number of carbonyl (C=O) groups excluding carboxylic acids is 4. The van der Waals surface area contributed by atoms with Crippen molar-refractivity contribution in [2.24, 2.45) is 11.5 Å². The van der Waals surface area contributed by atoms with Crippen LogP contribution in [-0.2, 0) is 38.6 Å². The topological polar surface area (TPSA) is 188 Å². The zero-order valence-electron chi connectivity index (χ0n) is 31.1. The van der Waals surface area contributed by atoms with Gasteiger partial charge in [0.25, 0.3) is 11.8 Å². The summed E-state index contributed by atoms with van der Waals surface area (Å²) >= 11 is 0. The summed E-state index contributed by atoms with van der Waals surface area (Å²) in [6.45, 7) is 2.88. The van der Waals surface area contributed by atoms with Gasteiger partial charge in [0, 0.05) is 68.9 Å². The van der Waals surface area contributed by atoms with Crippen molar-refractivity contribution in [2.45, 2.75) is 82.2 Å². The van der Waals surface area contributed by atoms with Gasteiger partial charge in [-0.05, 0) is 66.6 Å². The van der Waals surface area contributed by atoms with Crippen LogP contribution < -0.4 is 22.1 Å². The van der Waals surface area contributed by atoms with Gasteiger partial charge in [0.2, 0.25) is 0 Å². The average molecular weight is 757 g/mol. The fourth-order valence-electron chi connectivity index (χ4n) is 7.16. The van der Waals surface area contributed by atoms with Crippen LogP contribution >= 0.6 is 0 Å². The predicted molar refractivity (Wildman–Crippen MR) is 204 cm³/mol. The Morgan fingerprint density at radius 2 is 1.20 bits per heavy atom. The van der Waals surface area contributed by atoms with Crippen LogP contribution in [0.2, 0.25) is 0 Å². The molecule has 0 bridgehead atoms. The molecule has 0 saturated carbocycles. The quantitative estimate of drug-likeness (QED) is 0.212. The molecule has 14 nitrogen and oxygen atoms in total. The molecule has 0 aromatic heterocycles. The van der Waals surface area contributed by atoms with E-state index in [9.17, 15) is 19.2 Å². The maximum Gasteiger partial charge on any atom is 0.410 e. The van der Waals surface area contributed by atoms with E-state index in [0.29, 0.717) is 89.1 Å². The summed E-state index contributed by atoms with van der Waals surface area (Å²) in [7, 11) is 0. The molecule has 3 aliphatic heterocycles. The van der Waals surface area contributed by atoms with Gasteiger partial charge in [-0.25, -0.2) is 9.59 Å². The van der Waals surface area contributed by atoms with Crippen molar-refractivity contribution in [1.29, 1.82) is 0 Å². The largest absolute Gasteiger partial charge is 0.447 e. The monoisotopic (exact) mass is 756 g/mol. The number of rotatable bonds is 12. The number of piperidine rings is 2. The first-order valence-electron chi connectivity index (χ1n) is 19.1. The first kappa shape index (κ1) is 39.7. The number of likely N-dealkylation sites (tertiary alicyclic amines) is 2. The Morgan fingerprint density at radius 3 is 1.75 bits per heavy atom. The van der Waals surface area contributed by atoms with Gasteiger partial charge in [0.15, 0.2) is 0 Å². The second-order valence-electron chi connectivity index (χ2n) is 14.2. The summed E-state index contributed by atoms with van der Waals surface area (Å²) in [5.41, 5.74) is 15.3. The van der Waals surface area contributed by atoms with E-state index in [1.54, 1.807) is 34.1 Å². The fraction of sp³-hybridized carbons (Fsp3) is 0.463. The summed E-state index contributed by atoms with van der Waals surface area (Å²) in [5, 5.41) is 6.14. The van der Waals surface area contributed by atoms with Crippen molar-refractivity contribution in [3.63, 3.8) is 0 Å². The Bertz CT molecular complexity index is 1750. The second-order valence-corrected chi connectivity index (χ2v) is 14.2. The van der Waals surface area contributed by atoms with E-state index in [0.717, 1.165) is 16.7 Å². The van der Waals surface area contributed by atoms with Gasteiger partial charge in [-0.15, -0.1) is 0 Å². The van der Waals surface area contributed by atoms with Crippen LogP contribution in [0.5, 0.6) is 0 Å². The van der Waals surface area contributed by atoms with Crippen molar-refractivity contribution in [1.82, 2.24) is 20.4 Å². The molecule has 0 radical (unpaired) electrons. The van der Waals surface area contributed by atoms with Gasteiger partial charge in [-0.1, -0.05) is 54.6 Å². The first-order valence-corrected chi connectivity index (χ1v) is 19.1. The lowest BCUT2D eigenvalue weighted by Crippen LogP contribution is -2.53. The SMILES string of the molecule is NCc1cccc(C(=O)NC2CCN(C(=O)OC[C@H]3OCC[C@@H](OC(=O)N4CCC(NC(=O)c5cccc(CN)c5)CC4)[C@@H]3OCc3ccccc3)CC2)c1. The van der Waals surface area contributed by atoms with E-state index >= 15 is 0 Å². The molecule has 14 heteroatoms. The maximum absolute atomic E-state index is 13.5. The summed E-state index contributed by atoms with van der Waals surface area (Å²) in [5.74, 6) is -0.330. The van der Waals surface area contributed by atoms with Crippen LogP contribution in [0.25, 0.3) is 0 Å². The average Bonchev–Trinajstić information content (AvgIpc) is 3.23. The van der Waals surface area contributed by atoms with E-state index in [2.05, 4.69) is 10.6 Å². The highest BCUT2D eigenvalue weighted by atomic mass is 16.6. The van der Waals surface area contributed by atoms with Crippen LogP contribution in [0.1, 0.15) is 69.5 Å². The Morgan fingerprint density at radius 1 is 0.673 bits per heavy atom. The molecule has 0 spiro atoms. The van der Waals surface area contributed by atoms with Crippen LogP contribution in [0.3, 0.4) is 0 Å². The highest BCUT2D eigenvalue weighted by molar-refractivity contribution is 5.95. The number of nitrogens with zero attached hydrogens (tertiary/aromatic N) is 2. The zero-order valence-corrected chi connectivity index (χ0v) is 31.1. The lowest BCUT2D eigenvalue weighted by atomic mass is 10.0. The molecule has 3 aromatic rings. The van der Waals surface area contributed by atoms with Crippen molar-refractivity contribution in [3.05, 3.63) is 107 Å². The number of amides is 4. The van der Waals surface area contributed by atoms with Gasteiger partial charge in [-0.2, -0.15) is 0 Å². The van der Waals surface area contributed by atoms with Crippen LogP contribution in [-0.4, -0.2) is 104 Å². The molecule has 0 unspecified atom stereocenters. The molecule has 0 aliphatic carbocycles. The van der Waals surface area contributed by atoms with E-state index in [1.165, 1.54) is 0 Å². The number of benzene rings is 3. The van der Waals surface area contributed by atoms with Crippen molar-refractivity contribution >= 4 is 24.0 Å². The Hall–Kier alpha value is -5.02. The van der Waals surface area contributed by atoms with Gasteiger partial charge >= 0.3 is 12.2 Å². The molecule has 6 rings (SSSR count). The van der Waals surface area contributed by atoms with Crippen molar-refractivity contribution < 1.29 is 38.1 Å². The minimum atomic E-state index is -0.689. The second kappa shape index (κ2) is 19.5. The number of nitrogens with two attached hydrogens (primary N) is 2. The zero-order chi connectivity index (χ0) is 38.6. The molecule has 3 saturated heterocycles. The Labute approximate surface area is 321 Å². The molecular formula is C41H52N6O8. The highest BCUT2D eigenvalue weighted by Crippen LogP contribution is 2.25. The standard InChI is InChI=1S/C41H52N6O8/c42-24-29-8-4-10-31(22-29)38(48)44-33-12-17-46(18-13-33)40(50)54-27-36-37(53-26-28-6-2-1-3-7-28)35(16-21-52-36)55-41(51)47-19-14-34(15-20-47)45-39(49)32-11-5-9-30(23-32)25-43/h1-11,22-23,33-37H,12-21,24-27,42-43H2,(H,44,48)(H,45,49)/t35-,36-,37+/m1/s1. The van der Waals surface area contributed by atoms with Crippen LogP contribution in [0, 0.1) is 0 Å². The third-order valence-electron chi connectivity index (χ3n) is 10.4. The fourth-order valence-corrected chi connectivity index (χ4v) is 7.16. The van der Waals surface area contributed by atoms with E-state index in [1.807, 2.05) is 54.6 Å². The summed E-state index contributed by atoms with van der Waals surface area (Å²) < 4.78 is 24.3. The predicted octanol–water partition coefficient (Wildman–Crippen LogP) is 3.71.